The van der Waals surface area contributed by atoms with Crippen molar-refractivity contribution in [2.75, 3.05) is 5.32 Å². The zero-order valence-electron chi connectivity index (χ0n) is 11.9. The average Bonchev–Trinajstić information content (AvgIpc) is 2.90. The SMILES string of the molecule is C[C@H](Sc1nc2ncc(Cl)cc2[nH]1)C(=O)Nc1ccc(Cl)cn1. The Morgan fingerprint density at radius 3 is 2.78 bits per heavy atom. The quantitative estimate of drug-likeness (QED) is 0.685. The second kappa shape index (κ2) is 6.74. The Morgan fingerprint density at radius 2 is 2.04 bits per heavy atom. The molecule has 1 amide bonds. The minimum Gasteiger partial charge on any atom is -0.331 e. The highest BCUT2D eigenvalue weighted by molar-refractivity contribution is 8.00. The number of hydrogen-bond acceptors (Lipinski definition) is 5. The van der Waals surface area contributed by atoms with Crippen LogP contribution in [-0.4, -0.2) is 31.1 Å². The number of aromatic amines is 1. The van der Waals surface area contributed by atoms with Crippen LogP contribution in [0.4, 0.5) is 5.82 Å². The summed E-state index contributed by atoms with van der Waals surface area (Å²) in [6, 6.07) is 5.05. The van der Waals surface area contributed by atoms with Gasteiger partial charge in [-0.05, 0) is 25.1 Å². The van der Waals surface area contributed by atoms with Gasteiger partial charge in [-0.15, -0.1) is 0 Å². The fourth-order valence-corrected chi connectivity index (χ4v) is 2.89. The Balaban J connectivity index is 1.68. The van der Waals surface area contributed by atoms with Crippen molar-refractivity contribution < 1.29 is 4.79 Å². The number of imidazole rings is 1. The second-order valence-electron chi connectivity index (χ2n) is 4.68. The summed E-state index contributed by atoms with van der Waals surface area (Å²) in [6.07, 6.45) is 3.01. The molecule has 0 radical (unpaired) electrons. The molecule has 0 aromatic carbocycles. The maximum absolute atomic E-state index is 12.2. The fraction of sp³-hybridized carbons (Fsp3) is 0.143. The van der Waals surface area contributed by atoms with E-state index in [0.29, 0.717) is 26.7 Å². The molecule has 6 nitrogen and oxygen atoms in total. The predicted molar refractivity (Wildman–Crippen MR) is 92.1 cm³/mol. The van der Waals surface area contributed by atoms with E-state index >= 15 is 0 Å². The molecule has 9 heteroatoms. The number of fused-ring (bicyclic) bond motifs is 1. The van der Waals surface area contributed by atoms with E-state index in [1.54, 1.807) is 25.1 Å². The summed E-state index contributed by atoms with van der Waals surface area (Å²) in [4.78, 5) is 27.7. The van der Waals surface area contributed by atoms with Crippen LogP contribution in [0.2, 0.25) is 10.0 Å². The van der Waals surface area contributed by atoms with Gasteiger partial charge in [-0.2, -0.15) is 0 Å². The van der Waals surface area contributed by atoms with Crippen LogP contribution in [0, 0.1) is 0 Å². The summed E-state index contributed by atoms with van der Waals surface area (Å²) in [7, 11) is 0. The molecule has 118 valence electrons. The van der Waals surface area contributed by atoms with Crippen molar-refractivity contribution in [2.24, 2.45) is 0 Å². The van der Waals surface area contributed by atoms with Gasteiger partial charge in [0.25, 0.3) is 0 Å². The number of carbonyl (C=O) groups is 1. The van der Waals surface area contributed by atoms with Gasteiger partial charge >= 0.3 is 0 Å². The monoisotopic (exact) mass is 367 g/mol. The van der Waals surface area contributed by atoms with Gasteiger partial charge in [-0.1, -0.05) is 35.0 Å². The van der Waals surface area contributed by atoms with E-state index in [1.165, 1.54) is 24.2 Å². The number of amides is 1. The first kappa shape index (κ1) is 16.0. The first-order valence-corrected chi connectivity index (χ1v) is 8.25. The second-order valence-corrected chi connectivity index (χ2v) is 6.88. The van der Waals surface area contributed by atoms with Crippen molar-refractivity contribution in [3.8, 4) is 0 Å². The Labute approximate surface area is 146 Å². The summed E-state index contributed by atoms with van der Waals surface area (Å²) in [5.41, 5.74) is 1.29. The number of anilines is 1. The molecule has 0 spiro atoms. The number of aromatic nitrogens is 4. The summed E-state index contributed by atoms with van der Waals surface area (Å²) < 4.78 is 0. The highest BCUT2D eigenvalue weighted by Crippen LogP contribution is 2.24. The third-order valence-electron chi connectivity index (χ3n) is 2.92. The van der Waals surface area contributed by atoms with E-state index in [0.717, 1.165) is 5.52 Å². The van der Waals surface area contributed by atoms with Gasteiger partial charge in [0.1, 0.15) is 5.82 Å². The number of halogens is 2. The van der Waals surface area contributed by atoms with Gasteiger partial charge in [0, 0.05) is 12.4 Å². The van der Waals surface area contributed by atoms with Crippen LogP contribution in [0.25, 0.3) is 11.2 Å². The van der Waals surface area contributed by atoms with E-state index in [2.05, 4.69) is 25.3 Å². The van der Waals surface area contributed by atoms with Crippen molar-refractivity contribution in [3.63, 3.8) is 0 Å². The third kappa shape index (κ3) is 3.93. The van der Waals surface area contributed by atoms with E-state index in [-0.39, 0.29) is 11.2 Å². The maximum atomic E-state index is 12.2. The number of H-pyrrole nitrogens is 1. The lowest BCUT2D eigenvalue weighted by Gasteiger charge is -2.09. The smallest absolute Gasteiger partial charge is 0.238 e. The lowest BCUT2D eigenvalue weighted by molar-refractivity contribution is -0.115. The standard InChI is InChI=1S/C14H11Cl2N5OS/c1-7(13(22)20-11-3-2-8(15)5-17-11)23-14-19-10-4-9(16)6-18-12(10)21-14/h2-7H,1H3,(H,17,20,22)(H,18,19,21)/t7-/m0/s1. The minimum atomic E-state index is -0.372. The molecule has 0 saturated heterocycles. The van der Waals surface area contributed by atoms with Crippen molar-refractivity contribution in [1.29, 1.82) is 0 Å². The fourth-order valence-electron chi connectivity index (χ4n) is 1.81. The lowest BCUT2D eigenvalue weighted by atomic mass is 10.4. The summed E-state index contributed by atoms with van der Waals surface area (Å²) in [5.74, 6) is 0.265. The number of hydrogen-bond donors (Lipinski definition) is 2. The zero-order chi connectivity index (χ0) is 16.4. The Kier molecular flexibility index (Phi) is 4.70. The molecular formula is C14H11Cl2N5OS. The highest BCUT2D eigenvalue weighted by atomic mass is 35.5. The van der Waals surface area contributed by atoms with E-state index in [9.17, 15) is 4.79 Å². The summed E-state index contributed by atoms with van der Waals surface area (Å²) in [6.45, 7) is 1.78. The third-order valence-corrected chi connectivity index (χ3v) is 4.33. The van der Waals surface area contributed by atoms with Crippen LogP contribution in [0.3, 0.4) is 0 Å². The molecule has 0 bridgehead atoms. The lowest BCUT2D eigenvalue weighted by Crippen LogP contribution is -2.23. The summed E-state index contributed by atoms with van der Waals surface area (Å²) in [5, 5.41) is 3.99. The number of nitrogens with zero attached hydrogens (tertiary/aromatic N) is 3. The Bertz CT molecular complexity index is 852. The molecule has 3 aromatic rings. The van der Waals surface area contributed by atoms with Gasteiger partial charge in [0.05, 0.1) is 20.8 Å². The van der Waals surface area contributed by atoms with Gasteiger partial charge in [0.2, 0.25) is 5.91 Å². The van der Waals surface area contributed by atoms with Crippen LogP contribution in [-0.2, 0) is 4.79 Å². The number of thioether (sulfide) groups is 1. The van der Waals surface area contributed by atoms with Crippen LogP contribution in [0.1, 0.15) is 6.92 Å². The van der Waals surface area contributed by atoms with Gasteiger partial charge < -0.3 is 10.3 Å². The molecule has 0 aliphatic rings. The molecule has 0 aliphatic carbocycles. The molecule has 23 heavy (non-hydrogen) atoms. The van der Waals surface area contributed by atoms with E-state index < -0.39 is 0 Å². The van der Waals surface area contributed by atoms with Crippen molar-refractivity contribution in [3.05, 3.63) is 40.6 Å². The molecule has 1 atom stereocenters. The molecule has 0 aliphatic heterocycles. The largest absolute Gasteiger partial charge is 0.331 e. The van der Waals surface area contributed by atoms with Gasteiger partial charge in [-0.3, -0.25) is 4.79 Å². The Morgan fingerprint density at radius 1 is 1.26 bits per heavy atom. The van der Waals surface area contributed by atoms with E-state index in [1.807, 2.05) is 0 Å². The van der Waals surface area contributed by atoms with Gasteiger partial charge in [-0.25, -0.2) is 15.0 Å². The topological polar surface area (TPSA) is 83.6 Å². The van der Waals surface area contributed by atoms with Crippen LogP contribution in [0.15, 0.2) is 35.7 Å². The molecule has 0 unspecified atom stereocenters. The molecule has 2 N–H and O–H groups in total. The molecule has 0 saturated carbocycles. The number of nitrogens with one attached hydrogen (secondary N) is 2. The van der Waals surface area contributed by atoms with Crippen LogP contribution < -0.4 is 5.32 Å². The van der Waals surface area contributed by atoms with Gasteiger partial charge in [0.15, 0.2) is 10.8 Å². The summed E-state index contributed by atoms with van der Waals surface area (Å²) >= 11 is 12.9. The minimum absolute atomic E-state index is 0.184. The van der Waals surface area contributed by atoms with Crippen molar-refractivity contribution >= 4 is 57.9 Å². The molecule has 0 fully saturated rings. The van der Waals surface area contributed by atoms with Crippen molar-refractivity contribution in [2.45, 2.75) is 17.3 Å². The first-order valence-electron chi connectivity index (χ1n) is 6.61. The van der Waals surface area contributed by atoms with Crippen LogP contribution >= 0.6 is 35.0 Å². The molecule has 3 heterocycles. The van der Waals surface area contributed by atoms with Crippen molar-refractivity contribution in [1.82, 2.24) is 19.9 Å². The number of carbonyl (C=O) groups excluding carboxylic acids is 1. The highest BCUT2D eigenvalue weighted by Gasteiger charge is 2.17. The molecule has 3 rings (SSSR count). The van der Waals surface area contributed by atoms with E-state index in [4.69, 9.17) is 23.2 Å². The normalized spacial score (nSPS) is 12.3. The number of pyridine rings is 2. The maximum Gasteiger partial charge on any atom is 0.238 e. The molecule has 3 aromatic heterocycles. The number of rotatable bonds is 4. The first-order chi connectivity index (χ1) is 11.0. The average molecular weight is 368 g/mol. The Hall–Kier alpha value is -1.83. The van der Waals surface area contributed by atoms with Crippen LogP contribution in [0.5, 0.6) is 0 Å². The zero-order valence-corrected chi connectivity index (χ0v) is 14.2. The predicted octanol–water partition coefficient (Wildman–Crippen LogP) is 3.78. The molecular weight excluding hydrogens is 357 g/mol.